The molecule has 108 valence electrons. The predicted molar refractivity (Wildman–Crippen MR) is 76.7 cm³/mol. The van der Waals surface area contributed by atoms with Gasteiger partial charge in [-0.25, -0.2) is 0 Å². The van der Waals surface area contributed by atoms with Crippen LogP contribution in [0.4, 0.5) is 5.69 Å². The van der Waals surface area contributed by atoms with Crippen molar-refractivity contribution in [2.24, 2.45) is 0 Å². The summed E-state index contributed by atoms with van der Waals surface area (Å²) in [6, 6.07) is 11.1. The van der Waals surface area contributed by atoms with Crippen LogP contribution in [0, 0.1) is 10.1 Å². The molecule has 0 aromatic heterocycles. The molecule has 0 heterocycles. The summed E-state index contributed by atoms with van der Waals surface area (Å²) in [4.78, 5) is 22.1. The van der Waals surface area contributed by atoms with Crippen molar-refractivity contribution in [2.45, 2.75) is 16.2 Å². The second kappa shape index (κ2) is 6.27. The average molecular weight is 305 g/mol. The van der Waals surface area contributed by atoms with Crippen LogP contribution >= 0.6 is 11.8 Å². The van der Waals surface area contributed by atoms with Gasteiger partial charge >= 0.3 is 11.7 Å². The van der Waals surface area contributed by atoms with Crippen molar-refractivity contribution in [3.63, 3.8) is 0 Å². The van der Waals surface area contributed by atoms with Crippen molar-refractivity contribution in [2.75, 3.05) is 0 Å². The molecule has 0 radical (unpaired) electrons. The molecule has 2 aromatic carbocycles. The van der Waals surface area contributed by atoms with Gasteiger partial charge in [-0.1, -0.05) is 23.9 Å². The van der Waals surface area contributed by atoms with E-state index in [1.807, 2.05) is 0 Å². The van der Waals surface area contributed by atoms with Crippen molar-refractivity contribution in [3.8, 4) is 5.75 Å². The first kappa shape index (κ1) is 14.9. The van der Waals surface area contributed by atoms with Crippen LogP contribution in [0.15, 0.2) is 52.3 Å². The summed E-state index contributed by atoms with van der Waals surface area (Å²) in [5.74, 6) is -1.27. The number of carboxylic acids is 1. The quantitative estimate of drug-likeness (QED) is 0.650. The standard InChI is InChI=1S/C14H11NO5S/c16-13-6-5-11(8-12(13)15(19)20)21-10-3-1-9(2-4-10)7-14(17)18/h1-6,8,16H,7H2,(H,17,18). The maximum Gasteiger partial charge on any atom is 0.311 e. The highest BCUT2D eigenvalue weighted by Gasteiger charge is 2.14. The lowest BCUT2D eigenvalue weighted by Gasteiger charge is -2.04. The first-order chi connectivity index (χ1) is 9.95. The zero-order valence-electron chi connectivity index (χ0n) is 10.7. The zero-order valence-corrected chi connectivity index (χ0v) is 11.5. The SMILES string of the molecule is O=C(O)Cc1ccc(Sc2ccc(O)c([N+](=O)[O-])c2)cc1. The Morgan fingerprint density at radius 1 is 1.14 bits per heavy atom. The minimum absolute atomic E-state index is 0.0460. The molecule has 2 aromatic rings. The number of nitro benzene ring substituents is 1. The van der Waals surface area contributed by atoms with Crippen molar-refractivity contribution in [1.29, 1.82) is 0 Å². The number of aromatic hydroxyl groups is 1. The molecular weight excluding hydrogens is 294 g/mol. The lowest BCUT2D eigenvalue weighted by atomic mass is 10.2. The van der Waals surface area contributed by atoms with E-state index in [4.69, 9.17) is 5.11 Å². The fourth-order valence-electron chi connectivity index (χ4n) is 1.70. The highest BCUT2D eigenvalue weighted by molar-refractivity contribution is 7.99. The van der Waals surface area contributed by atoms with E-state index in [0.29, 0.717) is 10.5 Å². The number of nitro groups is 1. The molecule has 21 heavy (non-hydrogen) atoms. The van der Waals surface area contributed by atoms with Crippen LogP contribution in [0.3, 0.4) is 0 Å². The average Bonchev–Trinajstić information content (AvgIpc) is 2.42. The largest absolute Gasteiger partial charge is 0.502 e. The number of carbonyl (C=O) groups is 1. The molecule has 0 spiro atoms. The number of phenolic OH excluding ortho intramolecular Hbond substituents is 1. The fourth-order valence-corrected chi connectivity index (χ4v) is 2.55. The summed E-state index contributed by atoms with van der Waals surface area (Å²) in [5.41, 5.74) is 0.339. The Balaban J connectivity index is 2.16. The molecule has 2 rings (SSSR count). The van der Waals surface area contributed by atoms with Crippen LogP contribution in [-0.4, -0.2) is 21.1 Å². The van der Waals surface area contributed by atoms with E-state index in [9.17, 15) is 20.0 Å². The van der Waals surface area contributed by atoms with Crippen LogP contribution in [0.25, 0.3) is 0 Å². The second-order valence-electron chi connectivity index (χ2n) is 4.22. The monoisotopic (exact) mass is 305 g/mol. The second-order valence-corrected chi connectivity index (χ2v) is 5.37. The van der Waals surface area contributed by atoms with Gasteiger partial charge in [-0.3, -0.25) is 14.9 Å². The van der Waals surface area contributed by atoms with E-state index in [1.54, 1.807) is 30.3 Å². The fraction of sp³-hybridized carbons (Fsp3) is 0.0714. The van der Waals surface area contributed by atoms with Crippen molar-refractivity contribution in [1.82, 2.24) is 0 Å². The lowest BCUT2D eigenvalue weighted by Crippen LogP contribution is -1.99. The summed E-state index contributed by atoms with van der Waals surface area (Å²) in [7, 11) is 0. The number of hydrogen-bond donors (Lipinski definition) is 2. The molecule has 2 N–H and O–H groups in total. The molecule has 6 nitrogen and oxygen atoms in total. The van der Waals surface area contributed by atoms with Crippen molar-refractivity contribution < 1.29 is 19.9 Å². The smallest absolute Gasteiger partial charge is 0.311 e. The van der Waals surface area contributed by atoms with Gasteiger partial charge in [0.2, 0.25) is 0 Å². The highest BCUT2D eigenvalue weighted by atomic mass is 32.2. The summed E-state index contributed by atoms with van der Waals surface area (Å²) in [5, 5.41) is 28.8. The van der Waals surface area contributed by atoms with E-state index in [-0.39, 0.29) is 17.9 Å². The van der Waals surface area contributed by atoms with Gasteiger partial charge < -0.3 is 10.2 Å². The van der Waals surface area contributed by atoms with Gasteiger partial charge in [0.05, 0.1) is 11.3 Å². The number of carboxylic acid groups (broad SMARTS) is 1. The van der Waals surface area contributed by atoms with E-state index in [1.165, 1.54) is 23.9 Å². The molecule has 0 unspecified atom stereocenters. The topological polar surface area (TPSA) is 101 Å². The Hall–Kier alpha value is -2.54. The summed E-state index contributed by atoms with van der Waals surface area (Å²) < 4.78 is 0. The highest BCUT2D eigenvalue weighted by Crippen LogP contribution is 2.34. The Labute approximate surface area is 124 Å². The predicted octanol–water partition coefficient (Wildman–Crippen LogP) is 3.08. The molecule has 0 saturated heterocycles. The van der Waals surface area contributed by atoms with Crippen LogP contribution in [-0.2, 0) is 11.2 Å². The Bertz CT molecular complexity index is 684. The van der Waals surface area contributed by atoms with Crippen LogP contribution in [0.1, 0.15) is 5.56 Å². The maximum absolute atomic E-state index is 10.8. The number of rotatable bonds is 5. The Morgan fingerprint density at radius 3 is 2.33 bits per heavy atom. The summed E-state index contributed by atoms with van der Waals surface area (Å²) in [6.07, 6.45) is -0.0460. The van der Waals surface area contributed by atoms with Crippen LogP contribution in [0.2, 0.25) is 0 Å². The summed E-state index contributed by atoms with van der Waals surface area (Å²) in [6.45, 7) is 0. The first-order valence-corrected chi connectivity index (χ1v) is 6.73. The third-order valence-electron chi connectivity index (χ3n) is 2.66. The molecule has 0 bridgehead atoms. The van der Waals surface area contributed by atoms with E-state index < -0.39 is 10.9 Å². The van der Waals surface area contributed by atoms with E-state index >= 15 is 0 Å². The molecule has 0 amide bonds. The van der Waals surface area contributed by atoms with Gasteiger partial charge in [-0.05, 0) is 29.8 Å². The first-order valence-electron chi connectivity index (χ1n) is 5.91. The molecule has 0 aliphatic heterocycles. The third kappa shape index (κ3) is 3.96. The molecule has 0 aliphatic rings. The van der Waals surface area contributed by atoms with Gasteiger partial charge in [-0.15, -0.1) is 0 Å². The lowest BCUT2D eigenvalue weighted by molar-refractivity contribution is -0.386. The Morgan fingerprint density at radius 2 is 1.76 bits per heavy atom. The minimum Gasteiger partial charge on any atom is -0.502 e. The van der Waals surface area contributed by atoms with Crippen LogP contribution in [0.5, 0.6) is 5.75 Å². The van der Waals surface area contributed by atoms with E-state index in [0.717, 1.165) is 4.90 Å². The van der Waals surface area contributed by atoms with Crippen molar-refractivity contribution >= 4 is 23.4 Å². The molecule has 7 heteroatoms. The zero-order chi connectivity index (χ0) is 15.4. The normalized spacial score (nSPS) is 10.3. The molecule has 0 saturated carbocycles. The van der Waals surface area contributed by atoms with Gasteiger partial charge in [0.25, 0.3) is 0 Å². The number of hydrogen-bond acceptors (Lipinski definition) is 5. The number of nitrogens with zero attached hydrogens (tertiary/aromatic N) is 1. The number of aliphatic carboxylic acids is 1. The van der Waals surface area contributed by atoms with Crippen molar-refractivity contribution in [3.05, 3.63) is 58.1 Å². The van der Waals surface area contributed by atoms with E-state index in [2.05, 4.69) is 0 Å². The van der Waals surface area contributed by atoms with Crippen LogP contribution < -0.4 is 0 Å². The number of benzene rings is 2. The van der Waals surface area contributed by atoms with Gasteiger partial charge in [0, 0.05) is 15.9 Å². The summed E-state index contributed by atoms with van der Waals surface area (Å²) >= 11 is 1.29. The van der Waals surface area contributed by atoms with Gasteiger partial charge in [-0.2, -0.15) is 0 Å². The molecular formula is C14H11NO5S. The number of phenols is 1. The molecule has 0 fully saturated rings. The van der Waals surface area contributed by atoms with Gasteiger partial charge in [0.15, 0.2) is 5.75 Å². The molecule has 0 aliphatic carbocycles. The minimum atomic E-state index is -0.899. The Kier molecular flexibility index (Phi) is 4.44. The third-order valence-corrected chi connectivity index (χ3v) is 3.66. The molecule has 0 atom stereocenters. The van der Waals surface area contributed by atoms with Gasteiger partial charge in [0.1, 0.15) is 0 Å². The maximum atomic E-state index is 10.8.